The molecule has 1 N–H and O–H groups in total. The van der Waals surface area contributed by atoms with E-state index in [0.717, 1.165) is 30.0 Å². The minimum Gasteiger partial charge on any atom is -0.406 e. The lowest BCUT2D eigenvalue weighted by molar-refractivity contribution is -0.274. The van der Waals surface area contributed by atoms with Gasteiger partial charge in [0.05, 0.1) is 0 Å². The van der Waals surface area contributed by atoms with Gasteiger partial charge in [-0.15, -0.1) is 24.9 Å². The average Bonchev–Trinajstić information content (AvgIpc) is 2.70. The molecule has 1 unspecified atom stereocenters. The SMILES string of the molecule is CC(NCCCCSc1ccc(OC(F)(F)F)cc1)c1cccc2ccccc12. The molecule has 0 aliphatic rings. The van der Waals surface area contributed by atoms with Crippen molar-refractivity contribution in [2.75, 3.05) is 12.3 Å². The fourth-order valence-electron chi connectivity index (χ4n) is 3.21. The number of ether oxygens (including phenoxy) is 1. The first-order valence-electron chi connectivity index (χ1n) is 9.62. The van der Waals surface area contributed by atoms with Crippen molar-refractivity contribution in [3.63, 3.8) is 0 Å². The van der Waals surface area contributed by atoms with Gasteiger partial charge in [0.1, 0.15) is 5.75 Å². The summed E-state index contributed by atoms with van der Waals surface area (Å²) in [6, 6.07) is 21.1. The van der Waals surface area contributed by atoms with Gasteiger partial charge in [0.25, 0.3) is 0 Å². The highest BCUT2D eigenvalue weighted by molar-refractivity contribution is 7.99. The molecule has 0 aromatic heterocycles. The smallest absolute Gasteiger partial charge is 0.406 e. The van der Waals surface area contributed by atoms with E-state index in [2.05, 4.69) is 59.4 Å². The standard InChI is InChI=1S/C23H24F3NOS/c1-17(21-10-6-8-18-7-2-3-9-22(18)21)27-15-4-5-16-29-20-13-11-19(12-14-20)28-23(24,25)26/h2-3,6-14,17,27H,4-5,15-16H2,1H3. The lowest BCUT2D eigenvalue weighted by Gasteiger charge is -2.16. The van der Waals surface area contributed by atoms with Gasteiger partial charge in [-0.2, -0.15) is 0 Å². The maximum absolute atomic E-state index is 12.2. The van der Waals surface area contributed by atoms with E-state index in [1.54, 1.807) is 23.9 Å². The minimum atomic E-state index is -4.65. The third kappa shape index (κ3) is 6.68. The Hall–Kier alpha value is -2.18. The molecule has 2 nitrogen and oxygen atoms in total. The van der Waals surface area contributed by atoms with Gasteiger partial charge in [0, 0.05) is 10.9 Å². The van der Waals surface area contributed by atoms with Crippen LogP contribution < -0.4 is 10.1 Å². The summed E-state index contributed by atoms with van der Waals surface area (Å²) in [5.41, 5.74) is 1.30. The number of unbranched alkanes of at least 4 members (excludes halogenated alkanes) is 1. The molecule has 154 valence electrons. The molecule has 0 aliphatic heterocycles. The number of thioether (sulfide) groups is 1. The van der Waals surface area contributed by atoms with Crippen LogP contribution in [0.1, 0.15) is 31.4 Å². The number of rotatable bonds is 9. The Labute approximate surface area is 173 Å². The number of halogens is 3. The first kappa shape index (κ1) is 21.5. The highest BCUT2D eigenvalue weighted by Gasteiger charge is 2.30. The van der Waals surface area contributed by atoms with Crippen LogP contribution in [0.3, 0.4) is 0 Å². The molecule has 3 aromatic carbocycles. The van der Waals surface area contributed by atoms with E-state index in [0.29, 0.717) is 0 Å². The molecule has 0 fully saturated rings. The quantitative estimate of drug-likeness (QED) is 0.299. The highest BCUT2D eigenvalue weighted by Crippen LogP contribution is 2.27. The van der Waals surface area contributed by atoms with Crippen molar-refractivity contribution in [3.8, 4) is 5.75 Å². The number of benzene rings is 3. The van der Waals surface area contributed by atoms with Crippen molar-refractivity contribution in [3.05, 3.63) is 72.3 Å². The van der Waals surface area contributed by atoms with Crippen LogP contribution in [0.2, 0.25) is 0 Å². The van der Waals surface area contributed by atoms with E-state index in [9.17, 15) is 13.2 Å². The molecule has 0 saturated heterocycles. The second-order valence-corrected chi connectivity index (χ2v) is 7.99. The molecule has 0 saturated carbocycles. The topological polar surface area (TPSA) is 21.3 Å². The van der Waals surface area contributed by atoms with Crippen LogP contribution in [-0.4, -0.2) is 18.7 Å². The minimum absolute atomic E-state index is 0.187. The highest BCUT2D eigenvalue weighted by atomic mass is 32.2. The van der Waals surface area contributed by atoms with Crippen LogP contribution in [0.25, 0.3) is 10.8 Å². The van der Waals surface area contributed by atoms with Gasteiger partial charge in [0.2, 0.25) is 0 Å². The van der Waals surface area contributed by atoms with Crippen molar-refractivity contribution in [1.82, 2.24) is 5.32 Å². The Morgan fingerprint density at radius 1 is 0.931 bits per heavy atom. The monoisotopic (exact) mass is 419 g/mol. The summed E-state index contributed by atoms with van der Waals surface area (Å²) in [4.78, 5) is 0.941. The molecule has 3 aromatic rings. The van der Waals surface area contributed by atoms with Gasteiger partial charge in [-0.25, -0.2) is 0 Å². The summed E-state index contributed by atoms with van der Waals surface area (Å²) < 4.78 is 40.4. The fourth-order valence-corrected chi connectivity index (χ4v) is 4.12. The second kappa shape index (κ2) is 10.0. The molecule has 0 radical (unpaired) electrons. The molecule has 0 heterocycles. The van der Waals surface area contributed by atoms with Crippen molar-refractivity contribution >= 4 is 22.5 Å². The molecule has 0 bridgehead atoms. The van der Waals surface area contributed by atoms with Crippen molar-refractivity contribution in [2.24, 2.45) is 0 Å². The summed E-state index contributed by atoms with van der Waals surface area (Å²) in [6.07, 6.45) is -2.58. The van der Waals surface area contributed by atoms with E-state index in [1.165, 1.54) is 28.5 Å². The molecule has 0 amide bonds. The van der Waals surface area contributed by atoms with Crippen LogP contribution >= 0.6 is 11.8 Å². The average molecular weight is 420 g/mol. The summed E-state index contributed by atoms with van der Waals surface area (Å²) >= 11 is 1.64. The lowest BCUT2D eigenvalue weighted by Crippen LogP contribution is -2.20. The Balaban J connectivity index is 1.38. The predicted molar refractivity (Wildman–Crippen MR) is 113 cm³/mol. The molecule has 1 atom stereocenters. The zero-order chi connectivity index (χ0) is 20.7. The van der Waals surface area contributed by atoms with Crippen LogP contribution in [-0.2, 0) is 0 Å². The largest absolute Gasteiger partial charge is 0.573 e. The van der Waals surface area contributed by atoms with Gasteiger partial charge in [-0.1, -0.05) is 42.5 Å². The maximum atomic E-state index is 12.2. The number of alkyl halides is 3. The van der Waals surface area contributed by atoms with Gasteiger partial charge >= 0.3 is 6.36 Å². The normalized spacial score (nSPS) is 12.8. The number of hydrogen-bond donors (Lipinski definition) is 1. The zero-order valence-corrected chi connectivity index (χ0v) is 17.0. The van der Waals surface area contributed by atoms with E-state index >= 15 is 0 Å². The third-order valence-corrected chi connectivity index (χ3v) is 5.74. The predicted octanol–water partition coefficient (Wildman–Crippen LogP) is 6.96. The number of fused-ring (bicyclic) bond motifs is 1. The van der Waals surface area contributed by atoms with E-state index < -0.39 is 6.36 Å². The number of nitrogens with one attached hydrogen (secondary N) is 1. The second-order valence-electron chi connectivity index (χ2n) is 6.82. The van der Waals surface area contributed by atoms with Crippen molar-refractivity contribution in [1.29, 1.82) is 0 Å². The van der Waals surface area contributed by atoms with E-state index in [-0.39, 0.29) is 11.8 Å². The van der Waals surface area contributed by atoms with Crippen LogP contribution in [0, 0.1) is 0 Å². The molecule has 29 heavy (non-hydrogen) atoms. The fraction of sp³-hybridized carbons (Fsp3) is 0.304. The Bertz CT molecular complexity index is 907. The Morgan fingerprint density at radius 3 is 2.41 bits per heavy atom. The van der Waals surface area contributed by atoms with E-state index in [1.807, 2.05) is 0 Å². The van der Waals surface area contributed by atoms with Crippen LogP contribution in [0.15, 0.2) is 71.6 Å². The Morgan fingerprint density at radius 2 is 1.66 bits per heavy atom. The molecule has 0 spiro atoms. The molecular weight excluding hydrogens is 395 g/mol. The Kier molecular flexibility index (Phi) is 7.45. The first-order valence-corrected chi connectivity index (χ1v) is 10.6. The molecular formula is C23H24F3NOS. The van der Waals surface area contributed by atoms with Crippen molar-refractivity contribution < 1.29 is 17.9 Å². The first-order chi connectivity index (χ1) is 13.9. The zero-order valence-electron chi connectivity index (χ0n) is 16.2. The van der Waals surface area contributed by atoms with Gasteiger partial charge in [-0.3, -0.25) is 0 Å². The van der Waals surface area contributed by atoms with E-state index in [4.69, 9.17) is 0 Å². The van der Waals surface area contributed by atoms with Crippen molar-refractivity contribution in [2.45, 2.75) is 37.1 Å². The van der Waals surface area contributed by atoms with Gasteiger partial charge in [0.15, 0.2) is 0 Å². The van der Waals surface area contributed by atoms with Crippen LogP contribution in [0.4, 0.5) is 13.2 Å². The summed E-state index contributed by atoms with van der Waals surface area (Å²) in [5.74, 6) is 0.734. The summed E-state index contributed by atoms with van der Waals surface area (Å²) in [6.45, 7) is 3.10. The summed E-state index contributed by atoms with van der Waals surface area (Å²) in [5, 5.41) is 6.12. The third-order valence-electron chi connectivity index (χ3n) is 4.64. The lowest BCUT2D eigenvalue weighted by atomic mass is 9.99. The van der Waals surface area contributed by atoms with Gasteiger partial charge < -0.3 is 10.1 Å². The van der Waals surface area contributed by atoms with Gasteiger partial charge in [-0.05, 0) is 72.7 Å². The molecule has 6 heteroatoms. The molecule has 0 aliphatic carbocycles. The maximum Gasteiger partial charge on any atom is 0.573 e. The summed E-state index contributed by atoms with van der Waals surface area (Å²) in [7, 11) is 0. The van der Waals surface area contributed by atoms with Crippen LogP contribution in [0.5, 0.6) is 5.75 Å². The number of hydrogen-bond acceptors (Lipinski definition) is 3. The molecule has 3 rings (SSSR count).